The second kappa shape index (κ2) is 8.43. The maximum Gasteiger partial charge on any atom is 0.269 e. The van der Waals surface area contributed by atoms with E-state index in [1.165, 1.54) is 40.9 Å². The van der Waals surface area contributed by atoms with Crippen LogP contribution in [0.2, 0.25) is 0 Å². The molecule has 8 nitrogen and oxygen atoms in total. The van der Waals surface area contributed by atoms with Crippen molar-refractivity contribution >= 4 is 29.0 Å². The number of benzene rings is 2. The molecule has 26 heavy (non-hydrogen) atoms. The Labute approximate surface area is 154 Å². The van der Waals surface area contributed by atoms with Crippen LogP contribution in [0, 0.1) is 20.2 Å². The lowest BCUT2D eigenvalue weighted by Crippen LogP contribution is -2.31. The Balaban J connectivity index is 1.99. The van der Waals surface area contributed by atoms with Gasteiger partial charge in [0.15, 0.2) is 0 Å². The smallest absolute Gasteiger partial charge is 0.269 e. The summed E-state index contributed by atoms with van der Waals surface area (Å²) in [6.45, 7) is 1.80. The second-order valence-corrected chi connectivity index (χ2v) is 6.62. The molecule has 2 aromatic carbocycles. The highest BCUT2D eigenvalue weighted by Crippen LogP contribution is 2.25. The van der Waals surface area contributed by atoms with Crippen LogP contribution in [-0.4, -0.2) is 33.5 Å². The van der Waals surface area contributed by atoms with Crippen molar-refractivity contribution in [2.75, 3.05) is 12.8 Å². The first-order chi connectivity index (χ1) is 12.3. The van der Waals surface area contributed by atoms with Gasteiger partial charge in [0.25, 0.3) is 11.4 Å². The van der Waals surface area contributed by atoms with E-state index in [0.717, 1.165) is 4.90 Å². The van der Waals surface area contributed by atoms with E-state index in [1.807, 2.05) is 0 Å². The van der Waals surface area contributed by atoms with Gasteiger partial charge >= 0.3 is 0 Å². The maximum atomic E-state index is 12.4. The van der Waals surface area contributed by atoms with Crippen molar-refractivity contribution in [3.63, 3.8) is 0 Å². The van der Waals surface area contributed by atoms with Crippen molar-refractivity contribution in [1.82, 2.24) is 4.90 Å². The van der Waals surface area contributed by atoms with Gasteiger partial charge < -0.3 is 4.90 Å². The molecule has 0 aliphatic rings. The fraction of sp³-hybridized carbons (Fsp3) is 0.235. The van der Waals surface area contributed by atoms with Crippen molar-refractivity contribution in [3.8, 4) is 0 Å². The lowest BCUT2D eigenvalue weighted by atomic mass is 10.1. The highest BCUT2D eigenvalue weighted by Gasteiger charge is 2.19. The molecule has 0 unspecified atom stereocenters. The third-order valence-corrected chi connectivity index (χ3v) is 4.94. The number of carbonyl (C=O) groups excluding carboxylic acids is 1. The van der Waals surface area contributed by atoms with Crippen LogP contribution in [0.3, 0.4) is 0 Å². The second-order valence-electron chi connectivity index (χ2n) is 5.57. The minimum atomic E-state index is -0.478. The van der Waals surface area contributed by atoms with E-state index < -0.39 is 9.85 Å². The molecule has 0 aliphatic heterocycles. The van der Waals surface area contributed by atoms with Gasteiger partial charge in [-0.15, -0.1) is 11.8 Å². The third kappa shape index (κ3) is 4.79. The van der Waals surface area contributed by atoms with Crippen LogP contribution in [0.15, 0.2) is 53.4 Å². The van der Waals surface area contributed by atoms with Crippen molar-refractivity contribution < 1.29 is 14.6 Å². The first-order valence-corrected chi connectivity index (χ1v) is 8.65. The Kier molecular flexibility index (Phi) is 6.29. The monoisotopic (exact) mass is 375 g/mol. The first kappa shape index (κ1) is 19.4. The molecule has 0 spiro atoms. The largest absolute Gasteiger partial charge is 0.338 e. The molecule has 0 aliphatic carbocycles. The van der Waals surface area contributed by atoms with E-state index in [0.29, 0.717) is 5.56 Å². The Morgan fingerprint density at radius 2 is 1.69 bits per heavy atom. The summed E-state index contributed by atoms with van der Waals surface area (Å²) in [5.74, 6) is 0.0143. The van der Waals surface area contributed by atoms with Crippen LogP contribution >= 0.6 is 11.8 Å². The molecule has 0 bridgehead atoms. The zero-order chi connectivity index (χ0) is 19.3. The van der Waals surface area contributed by atoms with Crippen LogP contribution in [0.25, 0.3) is 0 Å². The summed E-state index contributed by atoms with van der Waals surface area (Å²) >= 11 is 1.28. The summed E-state index contributed by atoms with van der Waals surface area (Å²) in [7, 11) is 1.64. The van der Waals surface area contributed by atoms with Crippen molar-refractivity contribution in [2.45, 2.75) is 17.9 Å². The van der Waals surface area contributed by atoms with Gasteiger partial charge in [-0.2, -0.15) is 0 Å². The minimum Gasteiger partial charge on any atom is -0.338 e. The van der Waals surface area contributed by atoms with Crippen LogP contribution in [0.1, 0.15) is 18.5 Å². The number of carbonyl (C=O) groups is 1. The highest BCUT2D eigenvalue weighted by molar-refractivity contribution is 8.00. The average molecular weight is 375 g/mol. The number of amides is 1. The molecule has 0 heterocycles. The lowest BCUT2D eigenvalue weighted by molar-refractivity contribution is -0.385. The van der Waals surface area contributed by atoms with Gasteiger partial charge in [-0.3, -0.25) is 25.0 Å². The topological polar surface area (TPSA) is 107 Å². The SMILES string of the molecule is C[C@H](c1cccc([N+](=O)[O-])c1)N(C)C(=O)CSc1ccc([N+](=O)[O-])cc1. The van der Waals surface area contributed by atoms with E-state index >= 15 is 0 Å². The van der Waals surface area contributed by atoms with Crippen LogP contribution < -0.4 is 0 Å². The number of nitro benzene ring substituents is 2. The quantitative estimate of drug-likeness (QED) is 0.414. The first-order valence-electron chi connectivity index (χ1n) is 7.67. The fourth-order valence-corrected chi connectivity index (χ4v) is 3.07. The number of nitrogens with zero attached hydrogens (tertiary/aromatic N) is 3. The molecule has 1 amide bonds. The molecule has 0 saturated heterocycles. The zero-order valence-corrected chi connectivity index (χ0v) is 15.0. The molecule has 9 heteroatoms. The molecule has 1 atom stereocenters. The molecule has 0 fully saturated rings. The number of nitro groups is 2. The number of thioether (sulfide) groups is 1. The number of non-ortho nitro benzene ring substituents is 2. The van der Waals surface area contributed by atoms with Crippen molar-refractivity contribution in [2.24, 2.45) is 0 Å². The van der Waals surface area contributed by atoms with E-state index in [-0.39, 0.29) is 29.1 Å². The number of rotatable bonds is 7. The van der Waals surface area contributed by atoms with Gasteiger partial charge in [-0.05, 0) is 24.6 Å². The highest BCUT2D eigenvalue weighted by atomic mass is 32.2. The maximum absolute atomic E-state index is 12.4. The summed E-state index contributed by atoms with van der Waals surface area (Å²) in [5, 5.41) is 21.5. The normalized spacial score (nSPS) is 11.6. The Hall–Kier alpha value is -2.94. The van der Waals surface area contributed by atoms with E-state index in [1.54, 1.807) is 38.2 Å². The standard InChI is InChI=1S/C17H17N3O5S/c1-12(13-4-3-5-15(10-13)20(24)25)18(2)17(21)11-26-16-8-6-14(7-9-16)19(22)23/h3-10,12H,11H2,1-2H3/t12-/m1/s1. The molecule has 0 saturated carbocycles. The predicted molar refractivity (Wildman–Crippen MR) is 98.1 cm³/mol. The molecule has 0 radical (unpaired) electrons. The molecule has 0 N–H and O–H groups in total. The predicted octanol–water partition coefficient (Wildman–Crippen LogP) is 3.81. The molecule has 2 aromatic rings. The van der Waals surface area contributed by atoms with E-state index in [2.05, 4.69) is 0 Å². The zero-order valence-electron chi connectivity index (χ0n) is 14.2. The molecular weight excluding hydrogens is 358 g/mol. The average Bonchev–Trinajstić information content (AvgIpc) is 2.65. The minimum absolute atomic E-state index is 0.00270. The van der Waals surface area contributed by atoms with Gasteiger partial charge in [-0.1, -0.05) is 12.1 Å². The van der Waals surface area contributed by atoms with Gasteiger partial charge in [0.2, 0.25) is 5.91 Å². The molecule has 136 valence electrons. The van der Waals surface area contributed by atoms with Crippen molar-refractivity contribution in [1.29, 1.82) is 0 Å². The van der Waals surface area contributed by atoms with E-state index in [9.17, 15) is 25.0 Å². The number of hydrogen-bond acceptors (Lipinski definition) is 6. The molecular formula is C17H17N3O5S. The summed E-state index contributed by atoms with van der Waals surface area (Å²) in [6.07, 6.45) is 0. The van der Waals surface area contributed by atoms with Crippen molar-refractivity contribution in [3.05, 3.63) is 74.3 Å². The summed E-state index contributed by atoms with van der Waals surface area (Å²) in [5.41, 5.74) is 0.655. The summed E-state index contributed by atoms with van der Waals surface area (Å²) in [4.78, 5) is 35.2. The lowest BCUT2D eigenvalue weighted by Gasteiger charge is -2.25. The van der Waals surface area contributed by atoms with Crippen LogP contribution in [0.5, 0.6) is 0 Å². The van der Waals surface area contributed by atoms with E-state index in [4.69, 9.17) is 0 Å². The van der Waals surface area contributed by atoms with Gasteiger partial charge in [0, 0.05) is 36.2 Å². The number of hydrogen-bond donors (Lipinski definition) is 0. The fourth-order valence-electron chi connectivity index (χ4n) is 2.25. The Morgan fingerprint density at radius 3 is 2.27 bits per heavy atom. The summed E-state index contributed by atoms with van der Waals surface area (Å²) in [6, 6.07) is 11.9. The third-order valence-electron chi connectivity index (χ3n) is 3.95. The summed E-state index contributed by atoms with van der Waals surface area (Å²) < 4.78 is 0. The molecule has 2 rings (SSSR count). The van der Waals surface area contributed by atoms with Gasteiger partial charge in [0.05, 0.1) is 21.6 Å². The van der Waals surface area contributed by atoms with Crippen LogP contribution in [-0.2, 0) is 4.79 Å². The Bertz CT molecular complexity index is 825. The Morgan fingerprint density at radius 1 is 1.08 bits per heavy atom. The van der Waals surface area contributed by atoms with Crippen LogP contribution in [0.4, 0.5) is 11.4 Å². The van der Waals surface area contributed by atoms with Gasteiger partial charge in [-0.25, -0.2) is 0 Å². The van der Waals surface area contributed by atoms with Gasteiger partial charge in [0.1, 0.15) is 0 Å². The molecule has 0 aromatic heterocycles.